The summed E-state index contributed by atoms with van der Waals surface area (Å²) in [7, 11) is 1.70. The first-order valence-corrected chi connectivity index (χ1v) is 13.9. The second kappa shape index (κ2) is 11.2. The topological polar surface area (TPSA) is 111 Å². The van der Waals surface area contributed by atoms with E-state index in [9.17, 15) is 9.65 Å². The SMILES string of the molecule is COC1CN(c2ccc(N3CCN(CC4CN(c5ccc(C#N)n6ncc(F)c56)C[C@@H](C)O4)CC3)cn2)CC1N. The summed E-state index contributed by atoms with van der Waals surface area (Å²) in [5.41, 5.74) is 8.68. The highest BCUT2D eigenvalue weighted by Gasteiger charge is 2.32. The zero-order chi connectivity index (χ0) is 27.8. The summed E-state index contributed by atoms with van der Waals surface area (Å²) < 4.78 is 27.9. The van der Waals surface area contributed by atoms with Crippen molar-refractivity contribution in [2.24, 2.45) is 5.73 Å². The van der Waals surface area contributed by atoms with E-state index in [4.69, 9.17) is 20.2 Å². The number of pyridine rings is 2. The molecule has 2 N–H and O–H groups in total. The van der Waals surface area contributed by atoms with Crippen LogP contribution >= 0.6 is 0 Å². The van der Waals surface area contributed by atoms with Gasteiger partial charge in [-0.05, 0) is 31.2 Å². The standard InChI is InChI=1S/C28H36FN9O2/c1-19-14-36(25-5-3-20(11-30)38-28(25)23(29)13-33-38)16-22(40-19)15-34-7-9-35(10-8-34)21-4-6-27(32-12-21)37-17-24(31)26(18-37)39-2/h3-6,12-13,19,22,24,26H,7-10,14-18,31H2,1-2H3/t19-,22?,24?,26?/m1/s1. The van der Waals surface area contributed by atoms with Crippen LogP contribution in [0.2, 0.25) is 0 Å². The van der Waals surface area contributed by atoms with E-state index in [0.29, 0.717) is 24.3 Å². The molecule has 0 saturated carbocycles. The minimum atomic E-state index is -0.426. The summed E-state index contributed by atoms with van der Waals surface area (Å²) in [6.07, 6.45) is 3.14. The largest absolute Gasteiger partial charge is 0.378 e. The number of anilines is 3. The maximum Gasteiger partial charge on any atom is 0.171 e. The molecule has 3 aromatic heterocycles. The number of ether oxygens (including phenoxy) is 2. The second-order valence-corrected chi connectivity index (χ2v) is 10.9. The minimum Gasteiger partial charge on any atom is -0.378 e. The molecular weight excluding hydrogens is 513 g/mol. The van der Waals surface area contributed by atoms with Gasteiger partial charge in [-0.1, -0.05) is 0 Å². The Labute approximate surface area is 233 Å². The number of halogens is 1. The molecule has 0 amide bonds. The third-order valence-corrected chi connectivity index (χ3v) is 8.24. The van der Waals surface area contributed by atoms with Crippen molar-refractivity contribution >= 4 is 22.7 Å². The van der Waals surface area contributed by atoms with Crippen molar-refractivity contribution in [3.05, 3.63) is 48.2 Å². The van der Waals surface area contributed by atoms with Crippen LogP contribution in [0, 0.1) is 17.1 Å². The third-order valence-electron chi connectivity index (χ3n) is 8.24. The Balaban J connectivity index is 1.06. The lowest BCUT2D eigenvalue weighted by atomic mass is 10.1. The van der Waals surface area contributed by atoms with Crippen molar-refractivity contribution in [3.63, 3.8) is 0 Å². The summed E-state index contributed by atoms with van der Waals surface area (Å²) in [4.78, 5) is 13.9. The van der Waals surface area contributed by atoms with Crippen LogP contribution < -0.4 is 20.4 Å². The summed E-state index contributed by atoms with van der Waals surface area (Å²) in [6, 6.07) is 9.81. The van der Waals surface area contributed by atoms with Gasteiger partial charge < -0.3 is 29.9 Å². The highest BCUT2D eigenvalue weighted by Crippen LogP contribution is 2.29. The number of morpholine rings is 1. The molecule has 4 atom stereocenters. The molecule has 212 valence electrons. The van der Waals surface area contributed by atoms with Crippen LogP contribution in [0.4, 0.5) is 21.6 Å². The molecule has 0 radical (unpaired) electrons. The van der Waals surface area contributed by atoms with Gasteiger partial charge >= 0.3 is 0 Å². The average Bonchev–Trinajstić information content (AvgIpc) is 3.55. The van der Waals surface area contributed by atoms with Crippen LogP contribution in [0.5, 0.6) is 0 Å². The van der Waals surface area contributed by atoms with Gasteiger partial charge in [0.2, 0.25) is 0 Å². The predicted octanol–water partition coefficient (Wildman–Crippen LogP) is 1.32. The predicted molar refractivity (Wildman–Crippen MR) is 150 cm³/mol. The lowest BCUT2D eigenvalue weighted by molar-refractivity contribution is -0.0327. The molecule has 0 aromatic carbocycles. The molecule has 3 saturated heterocycles. The number of methoxy groups -OCH3 is 1. The van der Waals surface area contributed by atoms with Gasteiger partial charge in [0.1, 0.15) is 23.1 Å². The molecule has 6 rings (SSSR count). The molecule has 11 nitrogen and oxygen atoms in total. The first-order valence-electron chi connectivity index (χ1n) is 13.9. The lowest BCUT2D eigenvalue weighted by Crippen LogP contribution is -2.54. The van der Waals surface area contributed by atoms with Gasteiger partial charge in [0.05, 0.1) is 48.1 Å². The van der Waals surface area contributed by atoms with Gasteiger partial charge in [-0.2, -0.15) is 10.4 Å². The number of piperazine rings is 1. The van der Waals surface area contributed by atoms with Gasteiger partial charge in [0.25, 0.3) is 0 Å². The number of rotatable bonds is 6. The van der Waals surface area contributed by atoms with Crippen LogP contribution in [0.1, 0.15) is 12.6 Å². The summed E-state index contributed by atoms with van der Waals surface area (Å²) >= 11 is 0. The molecule has 3 aliphatic heterocycles. The number of hydrogen-bond donors (Lipinski definition) is 1. The van der Waals surface area contributed by atoms with Crippen LogP contribution in [0.15, 0.2) is 36.7 Å². The Bertz CT molecular complexity index is 1370. The number of nitrogens with two attached hydrogens (primary N) is 1. The van der Waals surface area contributed by atoms with Gasteiger partial charge in [-0.3, -0.25) is 4.90 Å². The Hall–Kier alpha value is -3.50. The van der Waals surface area contributed by atoms with Crippen molar-refractivity contribution in [1.82, 2.24) is 19.5 Å². The monoisotopic (exact) mass is 549 g/mol. The second-order valence-electron chi connectivity index (χ2n) is 10.9. The van der Waals surface area contributed by atoms with Crippen molar-refractivity contribution in [2.45, 2.75) is 31.3 Å². The fraction of sp³-hybridized carbons (Fsp3) is 0.536. The molecule has 40 heavy (non-hydrogen) atoms. The number of nitrogens with zero attached hydrogens (tertiary/aromatic N) is 8. The fourth-order valence-corrected chi connectivity index (χ4v) is 6.20. The van der Waals surface area contributed by atoms with Crippen LogP contribution in [0.25, 0.3) is 5.52 Å². The molecular formula is C28H36FN9O2. The van der Waals surface area contributed by atoms with Gasteiger partial charge in [0.15, 0.2) is 5.82 Å². The van der Waals surface area contributed by atoms with Crippen LogP contribution in [-0.2, 0) is 9.47 Å². The minimum absolute atomic E-state index is 0.0000793. The Morgan fingerprint density at radius 1 is 1.05 bits per heavy atom. The van der Waals surface area contributed by atoms with E-state index >= 15 is 0 Å². The lowest BCUT2D eigenvalue weighted by Gasteiger charge is -2.42. The van der Waals surface area contributed by atoms with E-state index in [-0.39, 0.29) is 24.4 Å². The maximum atomic E-state index is 14.7. The van der Waals surface area contributed by atoms with E-state index in [2.05, 4.69) is 42.9 Å². The number of aromatic nitrogens is 3. The van der Waals surface area contributed by atoms with Crippen LogP contribution in [0.3, 0.4) is 0 Å². The summed E-state index contributed by atoms with van der Waals surface area (Å²) in [6.45, 7) is 9.31. The average molecular weight is 550 g/mol. The summed E-state index contributed by atoms with van der Waals surface area (Å²) in [5, 5.41) is 13.5. The van der Waals surface area contributed by atoms with Crippen LogP contribution in [-0.4, -0.2) is 110 Å². The Kier molecular flexibility index (Phi) is 7.46. The first kappa shape index (κ1) is 26.7. The quantitative estimate of drug-likeness (QED) is 0.483. The summed E-state index contributed by atoms with van der Waals surface area (Å²) in [5.74, 6) is 0.505. The zero-order valence-corrected chi connectivity index (χ0v) is 23.0. The van der Waals surface area contributed by atoms with Crippen molar-refractivity contribution in [1.29, 1.82) is 5.26 Å². The van der Waals surface area contributed by atoms with Gasteiger partial charge in [-0.25, -0.2) is 13.9 Å². The smallest absolute Gasteiger partial charge is 0.171 e. The highest BCUT2D eigenvalue weighted by molar-refractivity contribution is 5.74. The highest BCUT2D eigenvalue weighted by atomic mass is 19.1. The fourth-order valence-electron chi connectivity index (χ4n) is 6.20. The molecule has 0 spiro atoms. The van der Waals surface area contributed by atoms with Crippen molar-refractivity contribution < 1.29 is 13.9 Å². The normalized spacial score (nSPS) is 26.0. The molecule has 3 aliphatic rings. The molecule has 3 aromatic rings. The third kappa shape index (κ3) is 5.17. The van der Waals surface area contributed by atoms with E-state index < -0.39 is 5.82 Å². The Morgan fingerprint density at radius 2 is 1.88 bits per heavy atom. The molecule has 6 heterocycles. The van der Waals surface area contributed by atoms with E-state index in [1.54, 1.807) is 13.2 Å². The number of fused-ring (bicyclic) bond motifs is 1. The zero-order valence-electron chi connectivity index (χ0n) is 23.0. The van der Waals surface area contributed by atoms with Gasteiger partial charge in [-0.15, -0.1) is 0 Å². The van der Waals surface area contributed by atoms with E-state index in [0.717, 1.165) is 63.0 Å². The Morgan fingerprint density at radius 3 is 2.58 bits per heavy atom. The number of hydrogen-bond acceptors (Lipinski definition) is 10. The number of nitriles is 1. The first-order chi connectivity index (χ1) is 19.4. The van der Waals surface area contributed by atoms with E-state index in [1.807, 2.05) is 19.2 Å². The van der Waals surface area contributed by atoms with Gasteiger partial charge in [0, 0.05) is 66.0 Å². The molecule has 0 aliphatic carbocycles. The van der Waals surface area contributed by atoms with Crippen molar-refractivity contribution in [3.8, 4) is 6.07 Å². The molecule has 12 heteroatoms. The maximum absolute atomic E-state index is 14.7. The molecule has 3 unspecified atom stereocenters. The molecule has 0 bridgehead atoms. The molecule has 3 fully saturated rings. The van der Waals surface area contributed by atoms with E-state index in [1.165, 1.54) is 10.7 Å². The van der Waals surface area contributed by atoms with Crippen molar-refractivity contribution in [2.75, 3.05) is 80.7 Å².